The Morgan fingerprint density at radius 3 is 2.78 bits per heavy atom. The summed E-state index contributed by atoms with van der Waals surface area (Å²) in [5.74, 6) is 0.935. The van der Waals surface area contributed by atoms with Gasteiger partial charge in [-0.25, -0.2) is 4.98 Å². The smallest absolute Gasteiger partial charge is 0.251 e. The highest BCUT2D eigenvalue weighted by Gasteiger charge is 2.16. The van der Waals surface area contributed by atoms with Crippen LogP contribution in [0.2, 0.25) is 0 Å². The number of imidazole rings is 1. The molecule has 3 aromatic rings. The van der Waals surface area contributed by atoms with E-state index in [9.17, 15) is 4.79 Å². The molecule has 0 saturated heterocycles. The molecule has 0 spiro atoms. The van der Waals surface area contributed by atoms with Gasteiger partial charge in [0.05, 0.1) is 26.5 Å². The van der Waals surface area contributed by atoms with Gasteiger partial charge in [-0.2, -0.15) is 0 Å². The molecule has 0 fully saturated rings. The Kier molecular flexibility index (Phi) is 5.45. The number of allylic oxidation sites excluding steroid dienone is 1. The molecule has 0 atom stereocenters. The van der Waals surface area contributed by atoms with Gasteiger partial charge >= 0.3 is 0 Å². The van der Waals surface area contributed by atoms with E-state index in [1.807, 2.05) is 35.7 Å². The van der Waals surface area contributed by atoms with Crippen molar-refractivity contribution >= 4 is 11.6 Å². The quantitative estimate of drug-likeness (QED) is 0.653. The van der Waals surface area contributed by atoms with Gasteiger partial charge in [0.15, 0.2) is 11.5 Å². The summed E-state index contributed by atoms with van der Waals surface area (Å²) >= 11 is 0. The molecule has 0 aliphatic heterocycles. The fourth-order valence-corrected chi connectivity index (χ4v) is 3.04. The van der Waals surface area contributed by atoms with E-state index in [-0.39, 0.29) is 5.91 Å². The summed E-state index contributed by atoms with van der Waals surface area (Å²) in [5, 5.41) is 2.92. The third kappa shape index (κ3) is 3.79. The lowest BCUT2D eigenvalue weighted by molar-refractivity contribution is 0.0950. The molecular weight excluding hydrogens is 342 g/mol. The number of pyridine rings is 1. The molecule has 0 aliphatic rings. The number of ether oxygens (including phenoxy) is 2. The number of amides is 1. The van der Waals surface area contributed by atoms with Crippen molar-refractivity contribution in [3.63, 3.8) is 0 Å². The van der Waals surface area contributed by atoms with Crippen molar-refractivity contribution in [2.24, 2.45) is 0 Å². The lowest BCUT2D eigenvalue weighted by atomic mass is 10.0. The fraction of sp³-hybridized carbons (Fsp3) is 0.238. The zero-order valence-electron chi connectivity index (χ0n) is 15.8. The molecule has 140 valence electrons. The summed E-state index contributed by atoms with van der Waals surface area (Å²) in [7, 11) is 3.13. The standard InChI is InChI=1S/C21H23N3O3/c1-5-7-15-10-16(11-18(26-3)20(15)27-4)21(25)22-12-17-13-24-14(2)8-6-9-19(24)23-17/h5-6,8-11,13H,1,7,12H2,2-4H3,(H,22,25). The van der Waals surface area contributed by atoms with Crippen molar-refractivity contribution in [2.75, 3.05) is 14.2 Å². The number of rotatable bonds is 7. The highest BCUT2D eigenvalue weighted by Crippen LogP contribution is 2.33. The van der Waals surface area contributed by atoms with Gasteiger partial charge in [-0.05, 0) is 37.6 Å². The Balaban J connectivity index is 1.81. The summed E-state index contributed by atoms with van der Waals surface area (Å²) in [6.07, 6.45) is 4.27. The zero-order valence-corrected chi connectivity index (χ0v) is 15.8. The van der Waals surface area contributed by atoms with Crippen molar-refractivity contribution < 1.29 is 14.3 Å². The first-order valence-electron chi connectivity index (χ1n) is 8.65. The maximum atomic E-state index is 12.7. The van der Waals surface area contributed by atoms with Gasteiger partial charge in [-0.1, -0.05) is 12.1 Å². The van der Waals surface area contributed by atoms with Crippen LogP contribution in [0.5, 0.6) is 11.5 Å². The Hall–Kier alpha value is -3.28. The number of carbonyl (C=O) groups excluding carboxylic acids is 1. The summed E-state index contributed by atoms with van der Waals surface area (Å²) in [6, 6.07) is 9.39. The van der Waals surface area contributed by atoms with Crippen LogP contribution in [0.25, 0.3) is 5.65 Å². The molecule has 6 heteroatoms. The van der Waals surface area contributed by atoms with Gasteiger partial charge in [-0.3, -0.25) is 4.79 Å². The second-order valence-corrected chi connectivity index (χ2v) is 6.17. The number of hydrogen-bond acceptors (Lipinski definition) is 4. The van der Waals surface area contributed by atoms with Crippen molar-refractivity contribution in [1.29, 1.82) is 0 Å². The lowest BCUT2D eigenvalue weighted by Crippen LogP contribution is -2.23. The van der Waals surface area contributed by atoms with Crippen LogP contribution < -0.4 is 14.8 Å². The van der Waals surface area contributed by atoms with Gasteiger partial charge in [-0.15, -0.1) is 6.58 Å². The van der Waals surface area contributed by atoms with E-state index in [0.29, 0.717) is 30.0 Å². The molecule has 1 aromatic carbocycles. The highest BCUT2D eigenvalue weighted by atomic mass is 16.5. The summed E-state index contributed by atoms with van der Waals surface area (Å²) in [5.41, 5.74) is 4.10. The van der Waals surface area contributed by atoms with E-state index < -0.39 is 0 Å². The Bertz CT molecular complexity index is 992. The number of hydrogen-bond donors (Lipinski definition) is 1. The third-order valence-corrected chi connectivity index (χ3v) is 4.36. The number of benzene rings is 1. The monoisotopic (exact) mass is 365 g/mol. The molecular formula is C21H23N3O3. The van der Waals surface area contributed by atoms with Gasteiger partial charge in [0, 0.05) is 23.0 Å². The second-order valence-electron chi connectivity index (χ2n) is 6.17. The number of methoxy groups -OCH3 is 2. The van der Waals surface area contributed by atoms with Crippen LogP contribution >= 0.6 is 0 Å². The summed E-state index contributed by atoms with van der Waals surface area (Å²) in [6.45, 7) is 6.11. The fourth-order valence-electron chi connectivity index (χ4n) is 3.04. The van der Waals surface area contributed by atoms with E-state index in [2.05, 4.69) is 16.9 Å². The number of carbonyl (C=O) groups is 1. The third-order valence-electron chi connectivity index (χ3n) is 4.36. The molecule has 0 aliphatic carbocycles. The molecule has 0 bridgehead atoms. The molecule has 2 aromatic heterocycles. The van der Waals surface area contributed by atoms with Crippen molar-refractivity contribution in [3.05, 3.63) is 71.7 Å². The maximum absolute atomic E-state index is 12.7. The van der Waals surface area contributed by atoms with Crippen molar-refractivity contribution in [2.45, 2.75) is 19.9 Å². The number of fused-ring (bicyclic) bond motifs is 1. The number of nitrogens with one attached hydrogen (secondary N) is 1. The van der Waals surface area contributed by atoms with Gasteiger partial charge in [0.25, 0.3) is 5.91 Å². The number of nitrogens with zero attached hydrogens (tertiary/aromatic N) is 2. The van der Waals surface area contributed by atoms with Crippen molar-refractivity contribution in [3.8, 4) is 11.5 Å². The maximum Gasteiger partial charge on any atom is 0.251 e. The van der Waals surface area contributed by atoms with E-state index in [1.54, 1.807) is 32.4 Å². The van der Waals surface area contributed by atoms with Crippen LogP contribution in [0, 0.1) is 6.92 Å². The first-order chi connectivity index (χ1) is 13.1. The van der Waals surface area contributed by atoms with E-state index in [1.165, 1.54) is 0 Å². The van der Waals surface area contributed by atoms with Crippen molar-refractivity contribution in [1.82, 2.24) is 14.7 Å². The normalized spacial score (nSPS) is 10.6. The lowest BCUT2D eigenvalue weighted by Gasteiger charge is -2.14. The predicted octanol–water partition coefficient (Wildman–Crippen LogP) is 3.32. The minimum atomic E-state index is -0.199. The molecule has 0 saturated carbocycles. The Labute approximate surface area is 158 Å². The molecule has 2 heterocycles. The average Bonchev–Trinajstić information content (AvgIpc) is 3.10. The first-order valence-corrected chi connectivity index (χ1v) is 8.65. The van der Waals surface area contributed by atoms with Gasteiger partial charge in [0.2, 0.25) is 0 Å². The Morgan fingerprint density at radius 1 is 1.30 bits per heavy atom. The first kappa shape index (κ1) is 18.5. The van der Waals surface area contributed by atoms with E-state index >= 15 is 0 Å². The van der Waals surface area contributed by atoms with Crippen LogP contribution in [0.4, 0.5) is 0 Å². The molecule has 1 amide bonds. The van der Waals surface area contributed by atoms with Crippen LogP contribution in [0.1, 0.15) is 27.3 Å². The molecule has 27 heavy (non-hydrogen) atoms. The van der Waals surface area contributed by atoms with Crippen LogP contribution in [0.3, 0.4) is 0 Å². The number of aromatic nitrogens is 2. The second kappa shape index (κ2) is 7.95. The minimum absolute atomic E-state index is 0.199. The Morgan fingerprint density at radius 2 is 2.11 bits per heavy atom. The molecule has 0 unspecified atom stereocenters. The minimum Gasteiger partial charge on any atom is -0.493 e. The van der Waals surface area contributed by atoms with E-state index in [0.717, 1.165) is 22.6 Å². The average molecular weight is 365 g/mol. The molecule has 0 radical (unpaired) electrons. The van der Waals surface area contributed by atoms with Crippen LogP contribution in [-0.2, 0) is 13.0 Å². The van der Waals surface area contributed by atoms with Crippen LogP contribution in [0.15, 0.2) is 49.2 Å². The highest BCUT2D eigenvalue weighted by molar-refractivity contribution is 5.95. The topological polar surface area (TPSA) is 64.9 Å². The summed E-state index contributed by atoms with van der Waals surface area (Å²) < 4.78 is 12.8. The summed E-state index contributed by atoms with van der Waals surface area (Å²) in [4.78, 5) is 17.2. The SMILES string of the molecule is C=CCc1cc(C(=O)NCc2cn3c(C)cccc3n2)cc(OC)c1OC. The largest absolute Gasteiger partial charge is 0.493 e. The van der Waals surface area contributed by atoms with Gasteiger partial charge < -0.3 is 19.2 Å². The predicted molar refractivity (Wildman–Crippen MR) is 105 cm³/mol. The zero-order chi connectivity index (χ0) is 19.4. The molecule has 3 rings (SSSR count). The molecule has 1 N–H and O–H groups in total. The van der Waals surface area contributed by atoms with E-state index in [4.69, 9.17) is 9.47 Å². The van der Waals surface area contributed by atoms with Gasteiger partial charge in [0.1, 0.15) is 5.65 Å². The molecule has 6 nitrogen and oxygen atoms in total. The van der Waals surface area contributed by atoms with Crippen LogP contribution in [-0.4, -0.2) is 29.5 Å². The number of aryl methyl sites for hydroxylation is 1.